The number of aromatic nitrogens is 1. The number of rotatable bonds is 8. The van der Waals surface area contributed by atoms with Gasteiger partial charge in [-0.2, -0.15) is 0 Å². The molecule has 35 heavy (non-hydrogen) atoms. The lowest BCUT2D eigenvalue weighted by molar-refractivity contribution is 0.259. The number of benzene rings is 2. The normalized spacial score (nSPS) is 14.9. The largest absolute Gasteiger partial charge is 0.401 e. The molecule has 0 unspecified atom stereocenters. The second kappa shape index (κ2) is 11.8. The Morgan fingerprint density at radius 3 is 2.11 bits per heavy atom. The van der Waals surface area contributed by atoms with Crippen LogP contribution in [0.25, 0.3) is 5.57 Å². The van der Waals surface area contributed by atoms with Crippen molar-refractivity contribution in [2.75, 3.05) is 19.6 Å². The molecule has 1 saturated heterocycles. The number of hydrogen-bond donors (Lipinski definition) is 2. The number of hydrogen-bond acceptors (Lipinski definition) is 6. The van der Waals surface area contributed by atoms with Crippen LogP contribution in [0, 0.1) is 25.5 Å². The predicted molar refractivity (Wildman–Crippen MR) is 142 cm³/mol. The van der Waals surface area contributed by atoms with Crippen LogP contribution in [0.15, 0.2) is 70.2 Å². The number of nitrogens with zero attached hydrogens (tertiary/aromatic N) is 2. The number of nitrogens with one attached hydrogen (secondary N) is 1. The molecule has 3 aromatic rings. The average molecular weight is 513 g/mol. The fourth-order valence-electron chi connectivity index (χ4n) is 4.23. The smallest absolute Gasteiger partial charge is 0.123 e. The van der Waals surface area contributed by atoms with Gasteiger partial charge < -0.3 is 15.4 Å². The summed E-state index contributed by atoms with van der Waals surface area (Å²) in [4.78, 5) is 6.85. The van der Waals surface area contributed by atoms with Crippen molar-refractivity contribution in [2.45, 2.75) is 37.3 Å². The highest BCUT2D eigenvalue weighted by atomic mass is 32.2. The van der Waals surface area contributed by atoms with Crippen molar-refractivity contribution in [3.63, 3.8) is 0 Å². The van der Waals surface area contributed by atoms with Crippen LogP contribution >= 0.6 is 23.3 Å². The summed E-state index contributed by atoms with van der Waals surface area (Å²) >= 11 is 3.21. The summed E-state index contributed by atoms with van der Waals surface area (Å²) in [5.74, 6) is -0.522. The van der Waals surface area contributed by atoms with Crippen molar-refractivity contribution in [3.8, 4) is 0 Å². The fourth-order valence-corrected chi connectivity index (χ4v) is 6.06. The molecule has 0 saturated carbocycles. The standard InChI is InChI=1S/C27H30F2N4S2/c1-18-27(34-19(2)32-18)35-31-17-25(30)13-16-33-14-11-22(12-15-33)26(20-3-7-23(28)8-4-20)21-5-9-24(29)10-6-21/h3-10,17,31H,11-16,30H2,1-2H3/b25-17-. The minimum absolute atomic E-state index is 0.261. The van der Waals surface area contributed by atoms with E-state index >= 15 is 0 Å². The predicted octanol–water partition coefficient (Wildman–Crippen LogP) is 6.42. The maximum atomic E-state index is 13.5. The summed E-state index contributed by atoms with van der Waals surface area (Å²) in [5.41, 5.74) is 12.4. The molecule has 184 valence electrons. The maximum absolute atomic E-state index is 13.5. The van der Waals surface area contributed by atoms with Gasteiger partial charge >= 0.3 is 0 Å². The van der Waals surface area contributed by atoms with Gasteiger partial charge in [-0.05, 0) is 79.6 Å². The minimum atomic E-state index is -0.261. The number of halogens is 2. The number of piperidine rings is 1. The van der Waals surface area contributed by atoms with Crippen LogP contribution in [0.3, 0.4) is 0 Å². The summed E-state index contributed by atoms with van der Waals surface area (Å²) in [6.45, 7) is 6.76. The van der Waals surface area contributed by atoms with Crippen molar-refractivity contribution in [2.24, 2.45) is 5.73 Å². The maximum Gasteiger partial charge on any atom is 0.123 e. The van der Waals surface area contributed by atoms with Gasteiger partial charge in [0.2, 0.25) is 0 Å². The summed E-state index contributed by atoms with van der Waals surface area (Å²) < 4.78 is 31.5. The van der Waals surface area contributed by atoms with Gasteiger partial charge in [0, 0.05) is 38.0 Å². The highest BCUT2D eigenvalue weighted by Gasteiger charge is 2.19. The lowest BCUT2D eigenvalue weighted by Crippen LogP contribution is -2.32. The molecule has 0 radical (unpaired) electrons. The van der Waals surface area contributed by atoms with Gasteiger partial charge in [0.05, 0.1) is 10.7 Å². The van der Waals surface area contributed by atoms with E-state index in [9.17, 15) is 8.78 Å². The fraction of sp³-hybridized carbons (Fsp3) is 0.296. The summed E-state index contributed by atoms with van der Waals surface area (Å²) in [6.07, 6.45) is 4.48. The van der Waals surface area contributed by atoms with Crippen LogP contribution in [0.5, 0.6) is 0 Å². The third kappa shape index (κ3) is 6.93. The second-order valence-corrected chi connectivity index (χ2v) is 10.9. The molecule has 1 aliphatic heterocycles. The van der Waals surface area contributed by atoms with Gasteiger partial charge in [0.15, 0.2) is 0 Å². The highest BCUT2D eigenvalue weighted by molar-refractivity contribution is 7.99. The molecule has 4 nitrogen and oxygen atoms in total. The number of likely N-dealkylation sites (tertiary alicyclic amines) is 1. The lowest BCUT2D eigenvalue weighted by atomic mass is 9.88. The molecule has 0 spiro atoms. The van der Waals surface area contributed by atoms with Gasteiger partial charge in [-0.1, -0.05) is 29.8 Å². The van der Waals surface area contributed by atoms with Gasteiger partial charge in [0.25, 0.3) is 0 Å². The molecule has 8 heteroatoms. The zero-order chi connectivity index (χ0) is 24.8. The van der Waals surface area contributed by atoms with Crippen LogP contribution in [0.1, 0.15) is 41.1 Å². The number of thiazole rings is 1. The molecule has 0 amide bonds. The van der Waals surface area contributed by atoms with Crippen molar-refractivity contribution in [1.29, 1.82) is 0 Å². The first-order valence-corrected chi connectivity index (χ1v) is 13.3. The second-order valence-electron chi connectivity index (χ2n) is 8.63. The Morgan fingerprint density at radius 2 is 1.60 bits per heavy atom. The highest BCUT2D eigenvalue weighted by Crippen LogP contribution is 2.33. The van der Waals surface area contributed by atoms with Crippen LogP contribution in [-0.4, -0.2) is 29.5 Å². The van der Waals surface area contributed by atoms with Crippen LogP contribution < -0.4 is 10.5 Å². The van der Waals surface area contributed by atoms with Gasteiger partial charge in [-0.25, -0.2) is 13.8 Å². The Kier molecular flexibility index (Phi) is 8.59. The lowest BCUT2D eigenvalue weighted by Gasteiger charge is -2.30. The Labute approximate surface area is 214 Å². The molecule has 1 aromatic heterocycles. The molecular formula is C27H30F2N4S2. The van der Waals surface area contributed by atoms with E-state index in [4.69, 9.17) is 5.73 Å². The van der Waals surface area contributed by atoms with E-state index in [2.05, 4.69) is 14.6 Å². The first kappa shape index (κ1) is 25.4. The van der Waals surface area contributed by atoms with E-state index in [1.54, 1.807) is 47.6 Å². The Hall–Kier alpha value is -2.68. The van der Waals surface area contributed by atoms with E-state index in [0.29, 0.717) is 0 Å². The van der Waals surface area contributed by atoms with Crippen molar-refractivity contribution < 1.29 is 8.78 Å². The average Bonchev–Trinajstić information content (AvgIpc) is 3.17. The topological polar surface area (TPSA) is 54.2 Å². The molecule has 0 aliphatic carbocycles. The van der Waals surface area contributed by atoms with Crippen molar-refractivity contribution in [3.05, 3.63) is 99.5 Å². The monoisotopic (exact) mass is 512 g/mol. The molecule has 3 N–H and O–H groups in total. The first-order chi connectivity index (χ1) is 16.9. The molecule has 1 fully saturated rings. The minimum Gasteiger partial charge on any atom is -0.401 e. The number of nitrogens with two attached hydrogens (primary N) is 1. The van der Waals surface area contributed by atoms with Gasteiger partial charge in [0.1, 0.15) is 15.8 Å². The first-order valence-electron chi connectivity index (χ1n) is 11.7. The van der Waals surface area contributed by atoms with Crippen LogP contribution in [-0.2, 0) is 0 Å². The zero-order valence-corrected chi connectivity index (χ0v) is 21.6. The molecule has 0 atom stereocenters. The van der Waals surface area contributed by atoms with Crippen LogP contribution in [0.2, 0.25) is 0 Å². The Bertz CT molecular complexity index is 1140. The molecule has 2 aromatic carbocycles. The zero-order valence-electron chi connectivity index (χ0n) is 20.0. The van der Waals surface area contributed by atoms with Gasteiger partial charge in [-0.3, -0.25) is 0 Å². The molecular weight excluding hydrogens is 482 g/mol. The van der Waals surface area contributed by atoms with Crippen molar-refractivity contribution in [1.82, 2.24) is 14.6 Å². The van der Waals surface area contributed by atoms with Crippen LogP contribution in [0.4, 0.5) is 8.78 Å². The van der Waals surface area contributed by atoms with E-state index in [0.717, 1.165) is 76.2 Å². The summed E-state index contributed by atoms with van der Waals surface area (Å²) in [5, 5.41) is 1.06. The molecule has 2 heterocycles. The van der Waals surface area contributed by atoms with E-state index < -0.39 is 0 Å². The SMILES string of the molecule is Cc1nc(C)c(SN/C=C(\N)CCN2CCC(=C(c3ccc(F)cc3)c3ccc(F)cc3)CC2)s1. The van der Waals surface area contributed by atoms with E-state index in [1.807, 2.05) is 20.0 Å². The van der Waals surface area contributed by atoms with E-state index in [-0.39, 0.29) is 11.6 Å². The molecule has 0 bridgehead atoms. The third-order valence-electron chi connectivity index (χ3n) is 6.05. The summed E-state index contributed by atoms with van der Waals surface area (Å²) in [6, 6.07) is 13.1. The quantitative estimate of drug-likeness (QED) is 0.341. The molecule has 1 aliphatic rings. The van der Waals surface area contributed by atoms with Crippen molar-refractivity contribution >= 4 is 28.9 Å². The number of aryl methyl sites for hydroxylation is 2. The Balaban J connectivity index is 1.36. The third-order valence-corrected chi connectivity index (χ3v) is 8.14. The molecule has 4 rings (SSSR count). The van der Waals surface area contributed by atoms with Gasteiger partial charge in [-0.15, -0.1) is 11.3 Å². The Morgan fingerprint density at radius 1 is 1.03 bits per heavy atom. The van der Waals surface area contributed by atoms with E-state index in [1.165, 1.54) is 29.8 Å². The summed E-state index contributed by atoms with van der Waals surface area (Å²) in [7, 11) is 0.